The van der Waals surface area contributed by atoms with Gasteiger partial charge in [-0.15, -0.1) is 0 Å². The molecule has 110 valence electrons. The monoisotopic (exact) mass is 285 g/mol. The summed E-state index contributed by atoms with van der Waals surface area (Å²) in [6, 6.07) is 16.2. The van der Waals surface area contributed by atoms with Crippen molar-refractivity contribution >= 4 is 0 Å². The zero-order valence-corrected chi connectivity index (χ0v) is 12.0. The van der Waals surface area contributed by atoms with Crippen molar-refractivity contribution in [3.63, 3.8) is 0 Å². The molecule has 1 N–H and O–H groups in total. The average Bonchev–Trinajstić information content (AvgIpc) is 2.54. The maximum Gasteiger partial charge on any atom is 0.124 e. The fourth-order valence-electron chi connectivity index (χ4n) is 2.47. The summed E-state index contributed by atoms with van der Waals surface area (Å²) in [6.07, 6.45) is 0.878. The smallest absolute Gasteiger partial charge is 0.124 e. The minimum Gasteiger partial charge on any atom is -0.493 e. The Kier molecular flexibility index (Phi) is 4.38. The Hall–Kier alpha value is -2.04. The highest BCUT2D eigenvalue weighted by Gasteiger charge is 2.21. The summed E-state index contributed by atoms with van der Waals surface area (Å²) in [5.74, 6) is 1.73. The first-order chi connectivity index (χ1) is 10.4. The Bertz CT molecular complexity index is 586. The largest absolute Gasteiger partial charge is 0.493 e. The molecule has 1 unspecified atom stereocenters. The SMILES string of the molecule is CONC1CCOc2ccc(OCc3ccccc3)cc21. The standard InChI is InChI=1S/C17H19NO3/c1-19-18-16-9-10-20-17-8-7-14(11-15(16)17)21-12-13-5-3-2-4-6-13/h2-8,11,16,18H,9-10,12H2,1H3. The van der Waals surface area contributed by atoms with Crippen LogP contribution in [0, 0.1) is 0 Å². The van der Waals surface area contributed by atoms with E-state index in [-0.39, 0.29) is 6.04 Å². The Morgan fingerprint density at radius 2 is 2.05 bits per heavy atom. The van der Waals surface area contributed by atoms with E-state index in [4.69, 9.17) is 14.3 Å². The van der Waals surface area contributed by atoms with Crippen LogP contribution in [0.5, 0.6) is 11.5 Å². The van der Waals surface area contributed by atoms with Gasteiger partial charge < -0.3 is 14.3 Å². The molecule has 1 aliphatic heterocycles. The fourth-order valence-corrected chi connectivity index (χ4v) is 2.47. The third kappa shape index (κ3) is 3.35. The maximum atomic E-state index is 5.86. The van der Waals surface area contributed by atoms with E-state index >= 15 is 0 Å². The van der Waals surface area contributed by atoms with Gasteiger partial charge >= 0.3 is 0 Å². The number of hydrogen-bond acceptors (Lipinski definition) is 4. The van der Waals surface area contributed by atoms with Crippen LogP contribution in [0.3, 0.4) is 0 Å². The molecule has 0 bridgehead atoms. The second kappa shape index (κ2) is 6.61. The average molecular weight is 285 g/mol. The van der Waals surface area contributed by atoms with Crippen molar-refractivity contribution in [3.05, 3.63) is 59.7 Å². The zero-order valence-electron chi connectivity index (χ0n) is 12.0. The summed E-state index contributed by atoms with van der Waals surface area (Å²) in [7, 11) is 1.63. The molecule has 0 aromatic heterocycles. The second-order valence-electron chi connectivity index (χ2n) is 4.99. The molecule has 4 nitrogen and oxygen atoms in total. The van der Waals surface area contributed by atoms with Gasteiger partial charge in [-0.1, -0.05) is 30.3 Å². The van der Waals surface area contributed by atoms with Crippen LogP contribution in [0.1, 0.15) is 23.6 Å². The predicted molar refractivity (Wildman–Crippen MR) is 80.2 cm³/mol. The molecule has 0 radical (unpaired) electrons. The first-order valence-corrected chi connectivity index (χ1v) is 7.09. The summed E-state index contributed by atoms with van der Waals surface area (Å²) in [4.78, 5) is 5.06. The fraction of sp³-hybridized carbons (Fsp3) is 0.294. The van der Waals surface area contributed by atoms with Gasteiger partial charge in [-0.3, -0.25) is 0 Å². The summed E-state index contributed by atoms with van der Waals surface area (Å²) < 4.78 is 11.5. The molecule has 0 amide bonds. The lowest BCUT2D eigenvalue weighted by atomic mass is 10.0. The van der Waals surface area contributed by atoms with E-state index in [0.717, 1.165) is 29.0 Å². The van der Waals surface area contributed by atoms with Gasteiger partial charge in [0.05, 0.1) is 19.8 Å². The highest BCUT2D eigenvalue weighted by Crippen LogP contribution is 2.34. The normalized spacial score (nSPS) is 16.9. The van der Waals surface area contributed by atoms with E-state index < -0.39 is 0 Å². The van der Waals surface area contributed by atoms with Crippen molar-refractivity contribution in [2.75, 3.05) is 13.7 Å². The number of rotatable bonds is 5. The quantitative estimate of drug-likeness (QED) is 0.856. The first kappa shape index (κ1) is 13.9. The van der Waals surface area contributed by atoms with Crippen LogP contribution in [-0.4, -0.2) is 13.7 Å². The predicted octanol–water partition coefficient (Wildman–Crippen LogP) is 3.24. The van der Waals surface area contributed by atoms with Gasteiger partial charge in [0.1, 0.15) is 18.1 Å². The van der Waals surface area contributed by atoms with Gasteiger partial charge in [-0.25, -0.2) is 0 Å². The summed E-state index contributed by atoms with van der Waals surface area (Å²) in [6.45, 7) is 1.25. The van der Waals surface area contributed by atoms with Crippen molar-refractivity contribution in [2.45, 2.75) is 19.1 Å². The van der Waals surface area contributed by atoms with E-state index in [9.17, 15) is 0 Å². The van der Waals surface area contributed by atoms with Gasteiger partial charge in [0.15, 0.2) is 0 Å². The molecule has 4 heteroatoms. The lowest BCUT2D eigenvalue weighted by Gasteiger charge is -2.26. The van der Waals surface area contributed by atoms with Crippen molar-refractivity contribution in [2.24, 2.45) is 0 Å². The van der Waals surface area contributed by atoms with E-state index in [2.05, 4.69) is 17.6 Å². The van der Waals surface area contributed by atoms with Crippen LogP contribution >= 0.6 is 0 Å². The van der Waals surface area contributed by atoms with Crippen molar-refractivity contribution in [1.82, 2.24) is 5.48 Å². The van der Waals surface area contributed by atoms with Crippen LogP contribution in [0.25, 0.3) is 0 Å². The van der Waals surface area contributed by atoms with E-state index in [1.54, 1.807) is 7.11 Å². The Morgan fingerprint density at radius 1 is 1.19 bits per heavy atom. The topological polar surface area (TPSA) is 39.7 Å². The van der Waals surface area contributed by atoms with Crippen molar-refractivity contribution < 1.29 is 14.3 Å². The number of ether oxygens (including phenoxy) is 2. The molecule has 0 saturated carbocycles. The maximum absolute atomic E-state index is 5.86. The van der Waals surface area contributed by atoms with Crippen LogP contribution in [0.4, 0.5) is 0 Å². The molecule has 0 spiro atoms. The highest BCUT2D eigenvalue weighted by molar-refractivity contribution is 5.43. The molecule has 1 atom stereocenters. The molecule has 0 fully saturated rings. The van der Waals surface area contributed by atoms with Crippen LogP contribution in [0.2, 0.25) is 0 Å². The molecule has 1 aliphatic rings. The third-order valence-electron chi connectivity index (χ3n) is 3.53. The molecule has 0 aliphatic carbocycles. The Balaban J connectivity index is 1.73. The van der Waals surface area contributed by atoms with Crippen molar-refractivity contribution in [3.8, 4) is 11.5 Å². The van der Waals surface area contributed by atoms with Gasteiger partial charge in [-0.2, -0.15) is 5.48 Å². The van der Waals surface area contributed by atoms with Gasteiger partial charge in [0, 0.05) is 12.0 Å². The summed E-state index contributed by atoms with van der Waals surface area (Å²) >= 11 is 0. The number of hydroxylamine groups is 1. The molecule has 2 aromatic carbocycles. The lowest BCUT2D eigenvalue weighted by Crippen LogP contribution is -2.26. The molecule has 3 rings (SSSR count). The van der Waals surface area contributed by atoms with Crippen LogP contribution in [0.15, 0.2) is 48.5 Å². The highest BCUT2D eigenvalue weighted by atomic mass is 16.6. The second-order valence-corrected chi connectivity index (χ2v) is 4.99. The molecule has 0 saturated heterocycles. The molecule has 21 heavy (non-hydrogen) atoms. The molecule has 1 heterocycles. The minimum absolute atomic E-state index is 0.138. The lowest BCUT2D eigenvalue weighted by molar-refractivity contribution is 0.0461. The van der Waals surface area contributed by atoms with Gasteiger partial charge in [-0.05, 0) is 23.8 Å². The number of benzene rings is 2. The molecular formula is C17H19NO3. The third-order valence-corrected chi connectivity index (χ3v) is 3.53. The minimum atomic E-state index is 0.138. The molecule has 2 aromatic rings. The van der Waals surface area contributed by atoms with E-state index in [0.29, 0.717) is 13.2 Å². The number of fused-ring (bicyclic) bond motifs is 1. The molecular weight excluding hydrogens is 266 g/mol. The van der Waals surface area contributed by atoms with Gasteiger partial charge in [0.2, 0.25) is 0 Å². The van der Waals surface area contributed by atoms with Crippen LogP contribution < -0.4 is 15.0 Å². The summed E-state index contributed by atoms with van der Waals surface area (Å²) in [5, 5.41) is 0. The first-order valence-electron chi connectivity index (χ1n) is 7.09. The van der Waals surface area contributed by atoms with Crippen molar-refractivity contribution in [1.29, 1.82) is 0 Å². The van der Waals surface area contributed by atoms with Crippen LogP contribution in [-0.2, 0) is 11.4 Å². The van der Waals surface area contributed by atoms with E-state index in [1.807, 2.05) is 36.4 Å². The van der Waals surface area contributed by atoms with Gasteiger partial charge in [0.25, 0.3) is 0 Å². The van der Waals surface area contributed by atoms with E-state index in [1.165, 1.54) is 0 Å². The Morgan fingerprint density at radius 3 is 2.86 bits per heavy atom. The number of nitrogens with one attached hydrogen (secondary N) is 1. The zero-order chi connectivity index (χ0) is 14.5. The Labute approximate surface area is 124 Å². The number of hydrogen-bond donors (Lipinski definition) is 1. The summed E-state index contributed by atoms with van der Waals surface area (Å²) in [5.41, 5.74) is 5.23.